The fourth-order valence-electron chi connectivity index (χ4n) is 1.30. The van der Waals surface area contributed by atoms with E-state index in [0.717, 1.165) is 0 Å². The van der Waals surface area contributed by atoms with Gasteiger partial charge in [0.2, 0.25) is 5.91 Å². The van der Waals surface area contributed by atoms with E-state index >= 15 is 0 Å². The fourth-order valence-corrected chi connectivity index (χ4v) is 1.30. The van der Waals surface area contributed by atoms with Crippen molar-refractivity contribution in [2.75, 3.05) is 31.7 Å². The number of aromatic nitrogens is 1. The molecule has 0 aliphatic rings. The van der Waals surface area contributed by atoms with E-state index in [1.54, 1.807) is 14.1 Å². The van der Waals surface area contributed by atoms with Crippen molar-refractivity contribution < 1.29 is 9.59 Å². The molecule has 1 aromatic heterocycles. The lowest BCUT2D eigenvalue weighted by atomic mass is 10.2. The van der Waals surface area contributed by atoms with Crippen molar-refractivity contribution in [1.82, 2.24) is 9.88 Å². The SMILES string of the molecule is CN(C)C(=O)CCNc1cc(C(N)=O)c(N)cn1. The molecule has 2 amide bonds. The number of pyridine rings is 1. The van der Waals surface area contributed by atoms with Gasteiger partial charge in [-0.3, -0.25) is 9.59 Å². The van der Waals surface area contributed by atoms with Crippen LogP contribution in [0.2, 0.25) is 0 Å². The smallest absolute Gasteiger partial charge is 0.250 e. The summed E-state index contributed by atoms with van der Waals surface area (Å²) in [5.41, 5.74) is 11.2. The molecule has 0 saturated heterocycles. The van der Waals surface area contributed by atoms with Gasteiger partial charge < -0.3 is 21.7 Å². The molecule has 1 heterocycles. The van der Waals surface area contributed by atoms with E-state index in [-0.39, 0.29) is 17.2 Å². The Morgan fingerprint density at radius 2 is 2.11 bits per heavy atom. The lowest BCUT2D eigenvalue weighted by Gasteiger charge is -2.11. The Labute approximate surface area is 105 Å². The lowest BCUT2D eigenvalue weighted by Crippen LogP contribution is -2.24. The zero-order valence-electron chi connectivity index (χ0n) is 10.4. The molecule has 98 valence electrons. The summed E-state index contributed by atoms with van der Waals surface area (Å²) in [6.45, 7) is 0.423. The van der Waals surface area contributed by atoms with Crippen molar-refractivity contribution in [2.24, 2.45) is 5.73 Å². The van der Waals surface area contributed by atoms with E-state index in [9.17, 15) is 9.59 Å². The number of anilines is 2. The number of hydrogen-bond acceptors (Lipinski definition) is 5. The highest BCUT2D eigenvalue weighted by Crippen LogP contribution is 2.13. The van der Waals surface area contributed by atoms with Crippen molar-refractivity contribution in [2.45, 2.75) is 6.42 Å². The van der Waals surface area contributed by atoms with Crippen LogP contribution in [-0.4, -0.2) is 42.3 Å². The fraction of sp³-hybridized carbons (Fsp3) is 0.364. The molecule has 1 rings (SSSR count). The second kappa shape index (κ2) is 5.85. The summed E-state index contributed by atoms with van der Waals surface area (Å²) < 4.78 is 0. The highest BCUT2D eigenvalue weighted by molar-refractivity contribution is 5.98. The van der Waals surface area contributed by atoms with Gasteiger partial charge in [-0.1, -0.05) is 0 Å². The summed E-state index contributed by atoms with van der Waals surface area (Å²) >= 11 is 0. The quantitative estimate of drug-likeness (QED) is 0.662. The first-order valence-corrected chi connectivity index (χ1v) is 5.41. The van der Waals surface area contributed by atoms with Gasteiger partial charge in [0.25, 0.3) is 5.91 Å². The Morgan fingerprint density at radius 3 is 2.67 bits per heavy atom. The van der Waals surface area contributed by atoms with Crippen LogP contribution in [0.3, 0.4) is 0 Å². The van der Waals surface area contributed by atoms with Crippen LogP contribution in [0.25, 0.3) is 0 Å². The van der Waals surface area contributed by atoms with E-state index in [1.165, 1.54) is 17.2 Å². The van der Waals surface area contributed by atoms with Crippen molar-refractivity contribution >= 4 is 23.3 Å². The summed E-state index contributed by atoms with van der Waals surface area (Å²) in [6.07, 6.45) is 1.70. The van der Waals surface area contributed by atoms with Crippen LogP contribution in [0, 0.1) is 0 Å². The third-order valence-electron chi connectivity index (χ3n) is 2.34. The molecule has 1 aromatic rings. The molecule has 7 heteroatoms. The van der Waals surface area contributed by atoms with Gasteiger partial charge >= 0.3 is 0 Å². The number of carbonyl (C=O) groups is 2. The normalized spacial score (nSPS) is 9.89. The lowest BCUT2D eigenvalue weighted by molar-refractivity contribution is -0.128. The van der Waals surface area contributed by atoms with Crippen molar-refractivity contribution in [3.05, 3.63) is 17.8 Å². The highest BCUT2D eigenvalue weighted by atomic mass is 16.2. The standard InChI is InChI=1S/C11H17N5O2/c1-16(2)10(17)3-4-14-9-5-7(11(13)18)8(12)6-15-9/h5-6H,3-4,12H2,1-2H3,(H2,13,18)(H,14,15). The predicted molar refractivity (Wildman–Crippen MR) is 69.0 cm³/mol. The summed E-state index contributed by atoms with van der Waals surface area (Å²) in [5.74, 6) is -0.139. The maximum Gasteiger partial charge on any atom is 0.250 e. The zero-order valence-corrected chi connectivity index (χ0v) is 10.4. The van der Waals surface area contributed by atoms with Gasteiger partial charge in [0.15, 0.2) is 0 Å². The van der Waals surface area contributed by atoms with Crippen LogP contribution < -0.4 is 16.8 Å². The monoisotopic (exact) mass is 251 g/mol. The number of hydrogen-bond donors (Lipinski definition) is 3. The molecule has 5 N–H and O–H groups in total. The molecule has 0 radical (unpaired) electrons. The van der Waals surface area contributed by atoms with Gasteiger partial charge in [0.05, 0.1) is 17.4 Å². The first-order valence-electron chi connectivity index (χ1n) is 5.41. The van der Waals surface area contributed by atoms with Crippen molar-refractivity contribution in [1.29, 1.82) is 0 Å². The minimum absolute atomic E-state index is 0.00747. The van der Waals surface area contributed by atoms with Gasteiger partial charge in [-0.2, -0.15) is 0 Å². The van der Waals surface area contributed by atoms with E-state index in [4.69, 9.17) is 11.5 Å². The number of nitrogens with two attached hydrogens (primary N) is 2. The van der Waals surface area contributed by atoms with Crippen molar-refractivity contribution in [3.63, 3.8) is 0 Å². The van der Waals surface area contributed by atoms with Crippen LogP contribution >= 0.6 is 0 Å². The second-order valence-corrected chi connectivity index (χ2v) is 3.99. The van der Waals surface area contributed by atoms with Crippen LogP contribution in [0.5, 0.6) is 0 Å². The molecule has 0 aromatic carbocycles. The van der Waals surface area contributed by atoms with Crippen LogP contribution in [0.4, 0.5) is 11.5 Å². The number of amides is 2. The number of primary amides is 1. The zero-order chi connectivity index (χ0) is 13.7. The maximum atomic E-state index is 11.3. The minimum atomic E-state index is -0.609. The van der Waals surface area contributed by atoms with Gasteiger partial charge in [0.1, 0.15) is 5.82 Å². The third-order valence-corrected chi connectivity index (χ3v) is 2.34. The van der Waals surface area contributed by atoms with E-state index in [2.05, 4.69) is 10.3 Å². The second-order valence-electron chi connectivity index (χ2n) is 3.99. The molecule has 0 aliphatic carbocycles. The number of rotatable bonds is 5. The average molecular weight is 251 g/mol. The summed E-state index contributed by atoms with van der Waals surface area (Å²) in [5, 5.41) is 2.93. The average Bonchev–Trinajstić information content (AvgIpc) is 2.30. The topological polar surface area (TPSA) is 114 Å². The van der Waals surface area contributed by atoms with Gasteiger partial charge in [0, 0.05) is 27.1 Å². The summed E-state index contributed by atoms with van der Waals surface area (Å²) in [4.78, 5) is 27.9. The molecule has 0 saturated carbocycles. The van der Waals surface area contributed by atoms with Gasteiger partial charge in [-0.05, 0) is 6.07 Å². The Morgan fingerprint density at radius 1 is 1.44 bits per heavy atom. The molecule has 0 unspecified atom stereocenters. The van der Waals surface area contributed by atoms with E-state index in [1.807, 2.05) is 0 Å². The predicted octanol–water partition coefficient (Wildman–Crippen LogP) is -0.347. The molecule has 0 atom stereocenters. The summed E-state index contributed by atoms with van der Waals surface area (Å²) in [6, 6.07) is 1.47. The molecule has 0 fully saturated rings. The minimum Gasteiger partial charge on any atom is -0.397 e. The molecular formula is C11H17N5O2. The van der Waals surface area contributed by atoms with E-state index < -0.39 is 5.91 Å². The van der Waals surface area contributed by atoms with E-state index in [0.29, 0.717) is 18.8 Å². The Bertz CT molecular complexity index is 459. The number of nitrogens with zero attached hydrogens (tertiary/aromatic N) is 2. The van der Waals surface area contributed by atoms with Gasteiger partial charge in [-0.15, -0.1) is 0 Å². The molecular weight excluding hydrogens is 234 g/mol. The molecule has 18 heavy (non-hydrogen) atoms. The van der Waals surface area contributed by atoms with Crippen LogP contribution in [-0.2, 0) is 4.79 Å². The maximum absolute atomic E-state index is 11.3. The largest absolute Gasteiger partial charge is 0.397 e. The van der Waals surface area contributed by atoms with Crippen LogP contribution in [0.15, 0.2) is 12.3 Å². The molecule has 0 aliphatic heterocycles. The summed E-state index contributed by atoms with van der Waals surface area (Å²) in [7, 11) is 3.38. The number of nitrogens with one attached hydrogen (secondary N) is 1. The van der Waals surface area contributed by atoms with Crippen molar-refractivity contribution in [3.8, 4) is 0 Å². The molecule has 7 nitrogen and oxygen atoms in total. The first-order chi connectivity index (χ1) is 8.41. The molecule has 0 spiro atoms. The first kappa shape index (κ1) is 13.8. The highest BCUT2D eigenvalue weighted by Gasteiger charge is 2.08. The number of carbonyl (C=O) groups excluding carboxylic acids is 2. The molecule has 0 bridgehead atoms. The Kier molecular flexibility index (Phi) is 4.47. The Hall–Kier alpha value is -2.31. The van der Waals surface area contributed by atoms with Gasteiger partial charge in [-0.25, -0.2) is 4.98 Å². The van der Waals surface area contributed by atoms with Crippen LogP contribution in [0.1, 0.15) is 16.8 Å². The number of nitrogen functional groups attached to an aromatic ring is 1. The Balaban J connectivity index is 2.61. The third kappa shape index (κ3) is 3.62.